The molecule has 1 aliphatic heterocycles. The lowest BCUT2D eigenvalue weighted by Gasteiger charge is -2.36. The molecule has 0 radical (unpaired) electrons. The van der Waals surface area contributed by atoms with Gasteiger partial charge < -0.3 is 19.2 Å². The number of aromatic nitrogens is 4. The Morgan fingerprint density at radius 2 is 2.19 bits per heavy atom. The molecule has 0 aliphatic carbocycles. The predicted molar refractivity (Wildman–Crippen MR) is 100 cm³/mol. The van der Waals surface area contributed by atoms with Crippen molar-refractivity contribution in [3.05, 3.63) is 24.3 Å². The van der Waals surface area contributed by atoms with E-state index in [-0.39, 0.29) is 12.6 Å². The van der Waals surface area contributed by atoms with E-state index in [4.69, 9.17) is 4.74 Å². The number of halogens is 1. The van der Waals surface area contributed by atoms with Crippen LogP contribution in [-0.4, -0.2) is 55.4 Å². The molecular weight excluding hydrogens is 349 g/mol. The number of alkyl halides is 1. The number of aromatic amines is 1. The van der Waals surface area contributed by atoms with E-state index in [1.54, 1.807) is 6.20 Å². The number of pyridine rings is 1. The molecule has 1 aliphatic rings. The molecule has 3 aromatic heterocycles. The molecule has 1 amide bonds. The van der Waals surface area contributed by atoms with E-state index in [0.29, 0.717) is 13.0 Å². The number of amides is 1. The second-order valence-electron chi connectivity index (χ2n) is 8.06. The number of piperidine rings is 1. The molecule has 3 aromatic rings. The van der Waals surface area contributed by atoms with Gasteiger partial charge in [0.25, 0.3) is 0 Å². The van der Waals surface area contributed by atoms with E-state index in [1.165, 1.54) is 4.90 Å². The molecule has 0 unspecified atom stereocenters. The fourth-order valence-corrected chi connectivity index (χ4v) is 3.79. The number of hydrogen-bond acceptors (Lipinski definition) is 4. The van der Waals surface area contributed by atoms with Gasteiger partial charge in [0.15, 0.2) is 0 Å². The highest BCUT2D eigenvalue weighted by Gasteiger charge is 2.36. The first-order valence-corrected chi connectivity index (χ1v) is 9.17. The Labute approximate surface area is 156 Å². The number of fused-ring (bicyclic) bond motifs is 3. The van der Waals surface area contributed by atoms with Crippen molar-refractivity contribution in [2.45, 2.75) is 51.9 Å². The van der Waals surface area contributed by atoms with Gasteiger partial charge >= 0.3 is 6.09 Å². The summed E-state index contributed by atoms with van der Waals surface area (Å²) in [5, 5.41) is 0.926. The number of nitrogens with one attached hydrogen (secondary N) is 1. The summed E-state index contributed by atoms with van der Waals surface area (Å²) in [6, 6.07) is 1.56. The summed E-state index contributed by atoms with van der Waals surface area (Å²) >= 11 is 0. The normalized spacial score (nSPS) is 21.1. The molecule has 27 heavy (non-hydrogen) atoms. The van der Waals surface area contributed by atoms with Crippen molar-refractivity contribution in [2.24, 2.45) is 0 Å². The third kappa shape index (κ3) is 3.13. The number of carbonyl (C=O) groups is 1. The van der Waals surface area contributed by atoms with Crippen LogP contribution in [0.5, 0.6) is 0 Å². The number of aryl methyl sites for hydroxylation is 1. The number of nitrogens with zero attached hydrogens (tertiary/aromatic N) is 4. The van der Waals surface area contributed by atoms with Crippen LogP contribution in [0, 0.1) is 6.92 Å². The molecule has 144 valence electrons. The van der Waals surface area contributed by atoms with Crippen LogP contribution in [0.4, 0.5) is 9.18 Å². The standard InChI is InChI=1S/C19H24FN5O2/c1-11-23-14-9-22-17-12(5-7-21-17)16(14)25(11)15-6-8-24(10-13(15)20)18(26)27-19(2,3)4/h5,7,9,13,15H,6,8,10H2,1-4H3,(H,21,22)/t13-,15-/m1/s1. The third-order valence-corrected chi connectivity index (χ3v) is 4.90. The highest BCUT2D eigenvalue weighted by Crippen LogP contribution is 2.33. The molecular formula is C19H24FN5O2. The van der Waals surface area contributed by atoms with Gasteiger partial charge in [-0.05, 0) is 40.2 Å². The first-order chi connectivity index (χ1) is 12.7. The van der Waals surface area contributed by atoms with Crippen molar-refractivity contribution < 1.29 is 13.9 Å². The minimum atomic E-state index is -1.20. The lowest BCUT2D eigenvalue weighted by molar-refractivity contribution is 0.00694. The maximum Gasteiger partial charge on any atom is 0.410 e. The number of likely N-dealkylation sites (tertiary alicyclic amines) is 1. The van der Waals surface area contributed by atoms with E-state index < -0.39 is 17.9 Å². The second kappa shape index (κ2) is 6.21. The van der Waals surface area contributed by atoms with Crippen molar-refractivity contribution in [1.29, 1.82) is 0 Å². The van der Waals surface area contributed by atoms with Crippen molar-refractivity contribution in [3.8, 4) is 0 Å². The second-order valence-corrected chi connectivity index (χ2v) is 8.06. The Morgan fingerprint density at radius 3 is 2.89 bits per heavy atom. The summed E-state index contributed by atoms with van der Waals surface area (Å²) in [5.74, 6) is 0.749. The van der Waals surface area contributed by atoms with E-state index in [2.05, 4.69) is 15.0 Å². The van der Waals surface area contributed by atoms with Gasteiger partial charge in [-0.25, -0.2) is 19.2 Å². The zero-order chi connectivity index (χ0) is 19.3. The third-order valence-electron chi connectivity index (χ3n) is 4.90. The molecule has 0 aromatic carbocycles. The Kier molecular flexibility index (Phi) is 4.09. The van der Waals surface area contributed by atoms with E-state index >= 15 is 4.39 Å². The number of imidazole rings is 1. The Hall–Kier alpha value is -2.64. The van der Waals surface area contributed by atoms with Crippen LogP contribution in [0.25, 0.3) is 22.1 Å². The molecule has 0 bridgehead atoms. The van der Waals surface area contributed by atoms with Gasteiger partial charge in [-0.15, -0.1) is 0 Å². The minimum absolute atomic E-state index is 0.0139. The summed E-state index contributed by atoms with van der Waals surface area (Å²) in [6.07, 6.45) is 2.36. The summed E-state index contributed by atoms with van der Waals surface area (Å²) < 4.78 is 22.5. The first-order valence-electron chi connectivity index (χ1n) is 9.17. The van der Waals surface area contributed by atoms with Crippen LogP contribution >= 0.6 is 0 Å². The van der Waals surface area contributed by atoms with Gasteiger partial charge in [-0.1, -0.05) is 0 Å². The van der Waals surface area contributed by atoms with E-state index in [1.807, 2.05) is 44.5 Å². The lowest BCUT2D eigenvalue weighted by Crippen LogP contribution is -2.47. The summed E-state index contributed by atoms with van der Waals surface area (Å²) in [5.41, 5.74) is 1.80. The van der Waals surface area contributed by atoms with Crippen molar-refractivity contribution >= 4 is 28.2 Å². The van der Waals surface area contributed by atoms with Gasteiger partial charge in [0, 0.05) is 18.1 Å². The Bertz CT molecular complexity index is 1000. The highest BCUT2D eigenvalue weighted by molar-refractivity contribution is 6.01. The molecule has 1 saturated heterocycles. The van der Waals surface area contributed by atoms with Gasteiger partial charge in [-0.2, -0.15) is 0 Å². The minimum Gasteiger partial charge on any atom is -0.444 e. The quantitative estimate of drug-likeness (QED) is 0.705. The SMILES string of the molecule is Cc1nc2cnc3[nH]ccc3c2n1[C@@H]1CCN(C(=O)OC(C)(C)C)C[C@H]1F. The highest BCUT2D eigenvalue weighted by atomic mass is 19.1. The number of hydrogen-bond donors (Lipinski definition) is 1. The van der Waals surface area contributed by atoms with Gasteiger partial charge in [0.05, 0.1) is 24.3 Å². The van der Waals surface area contributed by atoms with E-state index in [9.17, 15) is 4.79 Å². The van der Waals surface area contributed by atoms with Crippen LogP contribution in [0.15, 0.2) is 18.5 Å². The maximum atomic E-state index is 15.2. The molecule has 1 fully saturated rings. The molecule has 0 saturated carbocycles. The van der Waals surface area contributed by atoms with Crippen LogP contribution in [0.1, 0.15) is 39.1 Å². The summed E-state index contributed by atoms with van der Waals surface area (Å²) in [6.45, 7) is 7.76. The van der Waals surface area contributed by atoms with Gasteiger partial charge in [0.1, 0.15) is 28.8 Å². The van der Waals surface area contributed by atoms with Crippen LogP contribution < -0.4 is 0 Å². The fourth-order valence-electron chi connectivity index (χ4n) is 3.79. The van der Waals surface area contributed by atoms with Crippen LogP contribution in [0.3, 0.4) is 0 Å². The average molecular weight is 373 g/mol. The average Bonchev–Trinajstić information content (AvgIpc) is 3.16. The Morgan fingerprint density at radius 1 is 1.41 bits per heavy atom. The van der Waals surface area contributed by atoms with Crippen molar-refractivity contribution in [3.63, 3.8) is 0 Å². The maximum absolute atomic E-state index is 15.2. The molecule has 8 heteroatoms. The zero-order valence-corrected chi connectivity index (χ0v) is 16.0. The number of carbonyl (C=O) groups excluding carboxylic acids is 1. The molecule has 2 atom stereocenters. The lowest BCUT2D eigenvalue weighted by atomic mass is 10.0. The van der Waals surface area contributed by atoms with Crippen molar-refractivity contribution in [1.82, 2.24) is 24.4 Å². The molecule has 7 nitrogen and oxygen atoms in total. The predicted octanol–water partition coefficient (Wildman–Crippen LogP) is 3.74. The topological polar surface area (TPSA) is 76.0 Å². The smallest absolute Gasteiger partial charge is 0.410 e. The fraction of sp³-hybridized carbons (Fsp3) is 0.526. The van der Waals surface area contributed by atoms with Crippen molar-refractivity contribution in [2.75, 3.05) is 13.1 Å². The molecule has 4 rings (SSSR count). The largest absolute Gasteiger partial charge is 0.444 e. The van der Waals surface area contributed by atoms with Crippen LogP contribution in [0.2, 0.25) is 0 Å². The Balaban J connectivity index is 1.65. The first kappa shape index (κ1) is 17.8. The van der Waals surface area contributed by atoms with Gasteiger partial charge in [0.2, 0.25) is 0 Å². The molecule has 0 spiro atoms. The van der Waals surface area contributed by atoms with Gasteiger partial charge in [-0.3, -0.25) is 0 Å². The number of rotatable bonds is 1. The monoisotopic (exact) mass is 373 g/mol. The summed E-state index contributed by atoms with van der Waals surface area (Å²) in [7, 11) is 0. The number of ether oxygens (including phenoxy) is 1. The van der Waals surface area contributed by atoms with Crippen LogP contribution in [-0.2, 0) is 4.74 Å². The molecule has 4 heterocycles. The number of H-pyrrole nitrogens is 1. The molecule has 1 N–H and O–H groups in total. The van der Waals surface area contributed by atoms with E-state index in [0.717, 1.165) is 27.9 Å². The zero-order valence-electron chi connectivity index (χ0n) is 16.0. The summed E-state index contributed by atoms with van der Waals surface area (Å²) in [4.78, 5) is 25.8.